The van der Waals surface area contributed by atoms with E-state index in [0.29, 0.717) is 25.1 Å². The van der Waals surface area contributed by atoms with Crippen LogP contribution >= 0.6 is 12.4 Å². The summed E-state index contributed by atoms with van der Waals surface area (Å²) in [5.74, 6) is 4.27. The summed E-state index contributed by atoms with van der Waals surface area (Å²) in [6, 6.07) is 8.21. The van der Waals surface area contributed by atoms with Crippen LogP contribution in [0.3, 0.4) is 0 Å². The Kier molecular flexibility index (Phi) is 6.91. The van der Waals surface area contributed by atoms with Crippen molar-refractivity contribution in [2.75, 3.05) is 44.3 Å². The number of aryl methyl sites for hydroxylation is 2. The predicted molar refractivity (Wildman–Crippen MR) is 140 cm³/mol. The number of rotatable bonds is 5. The molecule has 35 heavy (non-hydrogen) atoms. The number of nitrogens with one attached hydrogen (secondary N) is 1. The molecule has 2 fully saturated rings. The second-order valence-electron chi connectivity index (χ2n) is 9.31. The van der Waals surface area contributed by atoms with Gasteiger partial charge in [0.25, 0.3) is 0 Å². The number of aromatic nitrogens is 6. The first kappa shape index (κ1) is 24.0. The lowest BCUT2D eigenvalue weighted by Crippen LogP contribution is -2.37. The van der Waals surface area contributed by atoms with Gasteiger partial charge in [0.2, 0.25) is 5.95 Å². The summed E-state index contributed by atoms with van der Waals surface area (Å²) in [4.78, 5) is 22.5. The van der Waals surface area contributed by atoms with Crippen molar-refractivity contribution in [1.82, 2.24) is 34.4 Å². The molecule has 0 atom stereocenters. The van der Waals surface area contributed by atoms with Crippen molar-refractivity contribution in [2.24, 2.45) is 13.0 Å². The van der Waals surface area contributed by atoms with Gasteiger partial charge in [-0.1, -0.05) is 19.1 Å². The van der Waals surface area contributed by atoms with Gasteiger partial charge >= 0.3 is 0 Å². The summed E-state index contributed by atoms with van der Waals surface area (Å²) in [5, 5.41) is 3.47. The molecular formula is C25H33ClN8O. The number of nitrogens with zero attached hydrogens (tertiary/aromatic N) is 7. The third kappa shape index (κ3) is 4.37. The summed E-state index contributed by atoms with van der Waals surface area (Å²) in [6.45, 7) is 7.30. The van der Waals surface area contributed by atoms with E-state index >= 15 is 0 Å². The Morgan fingerprint density at radius 2 is 1.77 bits per heavy atom. The van der Waals surface area contributed by atoms with Crippen LogP contribution < -0.4 is 10.2 Å². The number of fused-ring (bicyclic) bond motifs is 2. The van der Waals surface area contributed by atoms with Crippen molar-refractivity contribution in [3.8, 4) is 5.95 Å². The Bertz CT molecular complexity index is 1320. The van der Waals surface area contributed by atoms with Crippen molar-refractivity contribution in [2.45, 2.75) is 32.6 Å². The summed E-state index contributed by atoms with van der Waals surface area (Å²) >= 11 is 0. The van der Waals surface area contributed by atoms with Gasteiger partial charge in [-0.05, 0) is 44.0 Å². The lowest BCUT2D eigenvalue weighted by molar-refractivity contribution is 0.122. The van der Waals surface area contributed by atoms with E-state index in [1.54, 1.807) is 0 Å². The van der Waals surface area contributed by atoms with E-state index in [-0.39, 0.29) is 12.4 Å². The average Bonchev–Trinajstić information content (AvgIpc) is 3.42. The van der Waals surface area contributed by atoms with Crippen LogP contribution in [0.5, 0.6) is 0 Å². The van der Waals surface area contributed by atoms with Gasteiger partial charge in [0.1, 0.15) is 11.6 Å². The molecule has 1 aromatic carbocycles. The fraction of sp³-hybridized carbons (Fsp3) is 0.520. The van der Waals surface area contributed by atoms with Gasteiger partial charge in [0.05, 0.1) is 24.2 Å². The number of halogens is 1. The minimum absolute atomic E-state index is 0. The van der Waals surface area contributed by atoms with Gasteiger partial charge < -0.3 is 19.5 Å². The van der Waals surface area contributed by atoms with Gasteiger partial charge in [0.15, 0.2) is 17.0 Å². The highest BCUT2D eigenvalue weighted by atomic mass is 35.5. The van der Waals surface area contributed by atoms with Gasteiger partial charge in [-0.3, -0.25) is 4.57 Å². The highest BCUT2D eigenvalue weighted by Crippen LogP contribution is 2.29. The number of benzene rings is 1. The van der Waals surface area contributed by atoms with Crippen LogP contribution in [0, 0.1) is 5.92 Å². The third-order valence-electron chi connectivity index (χ3n) is 7.17. The standard InChI is InChI=1S/C25H32N8O.ClH/c1-3-20-27-18-6-4-5-7-19(18)33(20)25-29-23-22(24(30-25)32-12-14-34-15-13-32)28-21(31(23)2)16-17-8-10-26-11-9-17;/h4-7,17,26H,3,8-16H2,1-2H3;1H. The van der Waals surface area contributed by atoms with Crippen LogP contribution in [0.4, 0.5) is 5.82 Å². The number of para-hydroxylation sites is 2. The summed E-state index contributed by atoms with van der Waals surface area (Å²) in [5.41, 5.74) is 3.77. The maximum absolute atomic E-state index is 5.63. The monoisotopic (exact) mass is 496 g/mol. The van der Waals surface area contributed by atoms with Crippen LogP contribution in [0.1, 0.15) is 31.4 Å². The highest BCUT2D eigenvalue weighted by molar-refractivity contribution is 5.86. The first-order valence-electron chi connectivity index (χ1n) is 12.5. The van der Waals surface area contributed by atoms with E-state index < -0.39 is 0 Å². The molecule has 9 nitrogen and oxygen atoms in total. The molecule has 0 radical (unpaired) electrons. The molecule has 0 bridgehead atoms. The second-order valence-corrected chi connectivity index (χ2v) is 9.31. The van der Waals surface area contributed by atoms with E-state index in [1.807, 2.05) is 18.2 Å². The van der Waals surface area contributed by atoms with E-state index in [2.05, 4.69) is 39.4 Å². The molecule has 2 saturated heterocycles. The van der Waals surface area contributed by atoms with Gasteiger partial charge in [-0.25, -0.2) is 9.97 Å². The molecule has 6 rings (SSSR count). The van der Waals surface area contributed by atoms with E-state index in [4.69, 9.17) is 24.7 Å². The van der Waals surface area contributed by atoms with Crippen molar-refractivity contribution >= 4 is 40.4 Å². The average molecular weight is 497 g/mol. The SMILES string of the molecule is CCc1nc2ccccc2n1-c1nc(N2CCOCC2)c2nc(CC3CCNCC3)n(C)c2n1.Cl. The minimum atomic E-state index is 0. The van der Waals surface area contributed by atoms with E-state index in [1.165, 1.54) is 12.8 Å². The molecule has 0 unspecified atom stereocenters. The summed E-state index contributed by atoms with van der Waals surface area (Å²) in [6.07, 6.45) is 4.16. The molecule has 10 heteroatoms. The second kappa shape index (κ2) is 10.1. The molecule has 1 N–H and O–H groups in total. The molecule has 3 aromatic heterocycles. The van der Waals surface area contributed by atoms with E-state index in [0.717, 1.165) is 78.7 Å². The molecule has 186 valence electrons. The molecule has 2 aliphatic rings. The van der Waals surface area contributed by atoms with Crippen LogP contribution in [-0.4, -0.2) is 68.5 Å². The van der Waals surface area contributed by atoms with Gasteiger partial charge in [-0.15, -0.1) is 12.4 Å². The fourth-order valence-corrected chi connectivity index (χ4v) is 5.24. The molecular weight excluding hydrogens is 464 g/mol. The van der Waals surface area contributed by atoms with E-state index in [9.17, 15) is 0 Å². The number of ether oxygens (including phenoxy) is 1. The predicted octanol–water partition coefficient (Wildman–Crippen LogP) is 3.07. The first-order chi connectivity index (χ1) is 16.7. The fourth-order valence-electron chi connectivity index (χ4n) is 5.24. The van der Waals surface area contributed by atoms with Crippen molar-refractivity contribution in [3.05, 3.63) is 35.9 Å². The Morgan fingerprint density at radius 1 is 1.00 bits per heavy atom. The molecule has 2 aliphatic heterocycles. The zero-order valence-corrected chi connectivity index (χ0v) is 21.2. The summed E-state index contributed by atoms with van der Waals surface area (Å²) in [7, 11) is 2.10. The maximum atomic E-state index is 5.63. The molecule has 0 amide bonds. The lowest BCUT2D eigenvalue weighted by Gasteiger charge is -2.28. The van der Waals surface area contributed by atoms with Gasteiger partial charge in [0, 0.05) is 33.0 Å². The van der Waals surface area contributed by atoms with Crippen LogP contribution in [0.25, 0.3) is 28.1 Å². The van der Waals surface area contributed by atoms with Crippen molar-refractivity contribution in [1.29, 1.82) is 0 Å². The van der Waals surface area contributed by atoms with Gasteiger partial charge in [-0.2, -0.15) is 9.97 Å². The van der Waals surface area contributed by atoms with Crippen LogP contribution in [0.2, 0.25) is 0 Å². The van der Waals surface area contributed by atoms with Crippen LogP contribution in [-0.2, 0) is 24.6 Å². The minimum Gasteiger partial charge on any atom is -0.378 e. The van der Waals surface area contributed by atoms with Crippen molar-refractivity contribution in [3.63, 3.8) is 0 Å². The third-order valence-corrected chi connectivity index (χ3v) is 7.17. The number of piperidine rings is 1. The quantitative estimate of drug-likeness (QED) is 0.454. The Balaban J connectivity index is 0.00000253. The zero-order valence-electron chi connectivity index (χ0n) is 20.4. The molecule has 0 aliphatic carbocycles. The number of imidazole rings is 2. The number of anilines is 1. The molecule has 5 heterocycles. The molecule has 4 aromatic rings. The lowest BCUT2D eigenvalue weighted by atomic mass is 9.94. The number of hydrogen-bond donors (Lipinski definition) is 1. The van der Waals surface area contributed by atoms with Crippen molar-refractivity contribution < 1.29 is 4.74 Å². The number of hydrogen-bond acceptors (Lipinski definition) is 7. The number of morpholine rings is 1. The Hall–Kier alpha value is -2.75. The van der Waals surface area contributed by atoms with Crippen LogP contribution in [0.15, 0.2) is 24.3 Å². The smallest absolute Gasteiger partial charge is 0.239 e. The Morgan fingerprint density at radius 3 is 2.54 bits per heavy atom. The molecule has 0 saturated carbocycles. The summed E-state index contributed by atoms with van der Waals surface area (Å²) < 4.78 is 9.91. The topological polar surface area (TPSA) is 85.9 Å². The Labute approximate surface area is 211 Å². The zero-order chi connectivity index (χ0) is 23.1. The normalized spacial score (nSPS) is 17.3. The molecule has 0 spiro atoms. The highest BCUT2D eigenvalue weighted by Gasteiger charge is 2.25. The first-order valence-corrected chi connectivity index (χ1v) is 12.5. The largest absolute Gasteiger partial charge is 0.378 e. The maximum Gasteiger partial charge on any atom is 0.239 e.